The maximum atomic E-state index is 10.8. The summed E-state index contributed by atoms with van der Waals surface area (Å²) in [6, 6.07) is 0. The van der Waals surface area contributed by atoms with Gasteiger partial charge in [-0.1, -0.05) is 0 Å². The van der Waals surface area contributed by atoms with Crippen LogP contribution in [0.2, 0.25) is 0 Å². The monoisotopic (exact) mass is 198 g/mol. The molecular weight excluding hydrogens is 184 g/mol. The van der Waals surface area contributed by atoms with Crippen molar-refractivity contribution in [2.75, 3.05) is 13.6 Å². The summed E-state index contributed by atoms with van der Waals surface area (Å²) in [5.74, 6) is 0.199. The first-order valence-electron chi connectivity index (χ1n) is 4.16. The van der Waals surface area contributed by atoms with E-state index >= 15 is 0 Å². The van der Waals surface area contributed by atoms with E-state index in [0.717, 1.165) is 12.2 Å². The molecule has 0 N–H and O–H groups in total. The lowest BCUT2D eigenvalue weighted by Gasteiger charge is -2.13. The van der Waals surface area contributed by atoms with Gasteiger partial charge in [-0.3, -0.25) is 9.69 Å². The number of carbonyl (C=O) groups is 1. The Hall–Kier alpha value is -0.740. The Kier molecular flexibility index (Phi) is 3.57. The number of nitrogens with zero attached hydrogens (tertiary/aromatic N) is 2. The van der Waals surface area contributed by atoms with Crippen LogP contribution in [-0.4, -0.2) is 29.3 Å². The largest absolute Gasteiger partial charge is 0.299 e. The van der Waals surface area contributed by atoms with Gasteiger partial charge in [0.1, 0.15) is 5.78 Å². The maximum absolute atomic E-state index is 10.8. The lowest BCUT2D eigenvalue weighted by molar-refractivity contribution is -0.117. The second-order valence-electron chi connectivity index (χ2n) is 3.24. The number of hydrogen-bond acceptors (Lipinski definition) is 4. The first kappa shape index (κ1) is 10.3. The zero-order valence-corrected chi connectivity index (χ0v) is 9.02. The quantitative estimate of drug-likeness (QED) is 0.734. The molecule has 1 heterocycles. The minimum Gasteiger partial charge on any atom is -0.299 e. The normalized spacial score (nSPS) is 10.8. The average molecular weight is 198 g/mol. The standard InChI is InChI=1S/C9H14N2OS/c1-7(12)4-11(3)5-9-8(2)10-6-13-9/h6H,4-5H2,1-3H3. The van der Waals surface area contributed by atoms with Gasteiger partial charge < -0.3 is 0 Å². The molecule has 0 aliphatic rings. The third-order valence-corrected chi connectivity index (χ3v) is 2.67. The van der Waals surface area contributed by atoms with Crippen LogP contribution >= 0.6 is 11.3 Å². The minimum absolute atomic E-state index is 0.199. The zero-order valence-electron chi connectivity index (χ0n) is 8.20. The molecule has 0 atom stereocenters. The minimum atomic E-state index is 0.199. The Labute approximate surface area is 82.4 Å². The maximum Gasteiger partial charge on any atom is 0.143 e. The first-order chi connectivity index (χ1) is 6.09. The molecule has 13 heavy (non-hydrogen) atoms. The second kappa shape index (κ2) is 4.48. The summed E-state index contributed by atoms with van der Waals surface area (Å²) in [6.45, 7) is 4.93. The highest BCUT2D eigenvalue weighted by Gasteiger charge is 2.06. The van der Waals surface area contributed by atoms with Crippen LogP contribution in [0.4, 0.5) is 0 Å². The van der Waals surface area contributed by atoms with E-state index in [2.05, 4.69) is 4.98 Å². The van der Waals surface area contributed by atoms with E-state index in [1.807, 2.05) is 24.4 Å². The Bertz CT molecular complexity index is 296. The van der Waals surface area contributed by atoms with Gasteiger partial charge in [0.2, 0.25) is 0 Å². The van der Waals surface area contributed by atoms with Crippen molar-refractivity contribution < 1.29 is 4.79 Å². The molecule has 0 amide bonds. The van der Waals surface area contributed by atoms with Gasteiger partial charge in [-0.05, 0) is 20.9 Å². The van der Waals surface area contributed by atoms with E-state index in [1.165, 1.54) is 4.88 Å². The highest BCUT2D eigenvalue weighted by molar-refractivity contribution is 7.09. The summed E-state index contributed by atoms with van der Waals surface area (Å²) in [4.78, 5) is 18.2. The van der Waals surface area contributed by atoms with Crippen LogP contribution in [0.1, 0.15) is 17.5 Å². The highest BCUT2D eigenvalue weighted by atomic mass is 32.1. The fraction of sp³-hybridized carbons (Fsp3) is 0.556. The van der Waals surface area contributed by atoms with Crippen molar-refractivity contribution >= 4 is 17.1 Å². The SMILES string of the molecule is CC(=O)CN(C)Cc1scnc1C. The Morgan fingerprint density at radius 1 is 1.69 bits per heavy atom. The predicted octanol–water partition coefficient (Wildman–Crippen LogP) is 1.47. The van der Waals surface area contributed by atoms with Gasteiger partial charge in [0.15, 0.2) is 0 Å². The number of rotatable bonds is 4. The zero-order chi connectivity index (χ0) is 9.84. The molecule has 0 radical (unpaired) electrons. The van der Waals surface area contributed by atoms with Crippen LogP contribution in [0.25, 0.3) is 0 Å². The molecule has 0 bridgehead atoms. The summed E-state index contributed by atoms with van der Waals surface area (Å²) in [6.07, 6.45) is 0. The van der Waals surface area contributed by atoms with Crippen molar-refractivity contribution in [2.45, 2.75) is 20.4 Å². The van der Waals surface area contributed by atoms with Crippen molar-refractivity contribution in [3.8, 4) is 0 Å². The van der Waals surface area contributed by atoms with Gasteiger partial charge in [-0.15, -0.1) is 11.3 Å². The Morgan fingerprint density at radius 2 is 2.38 bits per heavy atom. The van der Waals surface area contributed by atoms with Crippen molar-refractivity contribution in [1.82, 2.24) is 9.88 Å². The van der Waals surface area contributed by atoms with Crippen LogP contribution < -0.4 is 0 Å². The molecule has 0 aliphatic carbocycles. The molecule has 1 aromatic heterocycles. The number of Topliss-reactive ketones (excluding diaryl/α,β-unsaturated/α-hetero) is 1. The molecule has 1 rings (SSSR count). The fourth-order valence-corrected chi connectivity index (χ4v) is 2.02. The number of likely N-dealkylation sites (N-methyl/N-ethyl adjacent to an activating group) is 1. The Morgan fingerprint density at radius 3 is 2.85 bits per heavy atom. The molecule has 0 fully saturated rings. The fourth-order valence-electron chi connectivity index (χ4n) is 1.16. The number of hydrogen-bond donors (Lipinski definition) is 0. The van der Waals surface area contributed by atoms with E-state index in [-0.39, 0.29) is 5.78 Å². The Balaban J connectivity index is 2.49. The summed E-state index contributed by atoms with van der Waals surface area (Å²) in [5.41, 5.74) is 2.91. The third-order valence-electron chi connectivity index (χ3n) is 1.75. The van der Waals surface area contributed by atoms with Gasteiger partial charge in [-0.25, -0.2) is 4.98 Å². The van der Waals surface area contributed by atoms with Crippen LogP contribution in [0.3, 0.4) is 0 Å². The van der Waals surface area contributed by atoms with Crippen LogP contribution in [0, 0.1) is 6.92 Å². The number of ketones is 1. The topological polar surface area (TPSA) is 33.2 Å². The first-order valence-corrected chi connectivity index (χ1v) is 5.04. The summed E-state index contributed by atoms with van der Waals surface area (Å²) in [7, 11) is 1.94. The molecule has 72 valence electrons. The van der Waals surface area contributed by atoms with Crippen molar-refractivity contribution in [1.29, 1.82) is 0 Å². The molecule has 1 aromatic rings. The molecule has 3 nitrogen and oxygen atoms in total. The lowest BCUT2D eigenvalue weighted by atomic mass is 10.3. The lowest BCUT2D eigenvalue weighted by Crippen LogP contribution is -2.23. The molecule has 0 unspecified atom stereocenters. The molecule has 0 spiro atoms. The summed E-state index contributed by atoms with van der Waals surface area (Å²) in [5, 5.41) is 0. The van der Waals surface area contributed by atoms with E-state index in [1.54, 1.807) is 18.3 Å². The van der Waals surface area contributed by atoms with E-state index in [9.17, 15) is 4.79 Å². The van der Waals surface area contributed by atoms with Gasteiger partial charge in [0, 0.05) is 11.4 Å². The van der Waals surface area contributed by atoms with Crippen LogP contribution in [0.5, 0.6) is 0 Å². The van der Waals surface area contributed by atoms with Gasteiger partial charge in [-0.2, -0.15) is 0 Å². The summed E-state index contributed by atoms with van der Waals surface area (Å²) < 4.78 is 0. The summed E-state index contributed by atoms with van der Waals surface area (Å²) >= 11 is 1.64. The van der Waals surface area contributed by atoms with E-state index < -0.39 is 0 Å². The molecular formula is C9H14N2OS. The molecule has 4 heteroatoms. The van der Waals surface area contributed by atoms with Crippen molar-refractivity contribution in [3.63, 3.8) is 0 Å². The number of aromatic nitrogens is 1. The van der Waals surface area contributed by atoms with Gasteiger partial charge in [0.25, 0.3) is 0 Å². The van der Waals surface area contributed by atoms with E-state index in [0.29, 0.717) is 6.54 Å². The van der Waals surface area contributed by atoms with Gasteiger partial charge in [0.05, 0.1) is 17.7 Å². The van der Waals surface area contributed by atoms with Crippen molar-refractivity contribution in [2.24, 2.45) is 0 Å². The third kappa shape index (κ3) is 3.24. The number of thiazole rings is 1. The number of carbonyl (C=O) groups excluding carboxylic acids is 1. The molecule has 0 aliphatic heterocycles. The average Bonchev–Trinajstić information content (AvgIpc) is 2.34. The van der Waals surface area contributed by atoms with Crippen molar-refractivity contribution in [3.05, 3.63) is 16.1 Å². The molecule has 0 saturated carbocycles. The van der Waals surface area contributed by atoms with Crippen LogP contribution in [-0.2, 0) is 11.3 Å². The van der Waals surface area contributed by atoms with E-state index in [4.69, 9.17) is 0 Å². The smallest absolute Gasteiger partial charge is 0.143 e. The molecule has 0 saturated heterocycles. The second-order valence-corrected chi connectivity index (χ2v) is 4.17. The van der Waals surface area contributed by atoms with Gasteiger partial charge >= 0.3 is 0 Å². The predicted molar refractivity (Wildman–Crippen MR) is 53.9 cm³/mol. The number of aryl methyl sites for hydroxylation is 1. The highest BCUT2D eigenvalue weighted by Crippen LogP contribution is 2.13. The van der Waals surface area contributed by atoms with Crippen LogP contribution in [0.15, 0.2) is 5.51 Å². The molecule has 0 aromatic carbocycles.